The highest BCUT2D eigenvalue weighted by atomic mass is 127. The number of carbonyl (C=O) groups is 1. The molecule has 12 heavy (non-hydrogen) atoms. The fraction of sp³-hybridized carbons (Fsp3) is 0.875. The summed E-state index contributed by atoms with van der Waals surface area (Å²) < 4.78 is 0.402. The van der Waals surface area contributed by atoms with Crippen LogP contribution in [0.15, 0.2) is 0 Å². The van der Waals surface area contributed by atoms with Gasteiger partial charge in [0.25, 0.3) is 0 Å². The number of hydrogen-bond acceptors (Lipinski definition) is 1. The van der Waals surface area contributed by atoms with Gasteiger partial charge < -0.3 is 10.4 Å². The van der Waals surface area contributed by atoms with Crippen molar-refractivity contribution >= 4 is 28.7 Å². The minimum atomic E-state index is -0.930. The van der Waals surface area contributed by atoms with Crippen LogP contribution in [0.2, 0.25) is 0 Å². The van der Waals surface area contributed by atoms with Crippen molar-refractivity contribution in [2.24, 2.45) is 5.92 Å². The van der Waals surface area contributed by atoms with Crippen LogP contribution in [0, 0.1) is 5.92 Å². The van der Waals surface area contributed by atoms with E-state index in [1.54, 1.807) is 0 Å². The van der Waals surface area contributed by atoms with E-state index in [2.05, 4.69) is 41.8 Å². The normalized spacial score (nSPS) is 15.2. The lowest BCUT2D eigenvalue weighted by Gasteiger charge is -2.16. The van der Waals surface area contributed by atoms with E-state index in [0.717, 1.165) is 12.8 Å². The number of hydrogen-bond donors (Lipinski definition) is 2. The predicted molar refractivity (Wildman–Crippen MR) is 57.9 cm³/mol. The van der Waals surface area contributed by atoms with Crippen LogP contribution in [0.5, 0.6) is 0 Å². The number of alkyl halides is 1. The van der Waals surface area contributed by atoms with Crippen molar-refractivity contribution in [2.75, 3.05) is 6.54 Å². The molecule has 0 saturated carbocycles. The van der Waals surface area contributed by atoms with E-state index in [-0.39, 0.29) is 0 Å². The molecule has 0 aliphatic carbocycles. The van der Waals surface area contributed by atoms with Crippen LogP contribution < -0.4 is 5.32 Å². The SMILES string of the molecule is CCCC(C)C(I)CNC(=O)O. The average Bonchev–Trinajstić information content (AvgIpc) is 2.00. The highest BCUT2D eigenvalue weighted by molar-refractivity contribution is 14.1. The molecule has 0 heterocycles. The topological polar surface area (TPSA) is 49.3 Å². The molecule has 0 fully saturated rings. The van der Waals surface area contributed by atoms with E-state index in [1.165, 1.54) is 0 Å². The number of nitrogens with one attached hydrogen (secondary N) is 1. The molecule has 0 radical (unpaired) electrons. The molecule has 0 aliphatic heterocycles. The Kier molecular flexibility index (Phi) is 6.51. The minimum Gasteiger partial charge on any atom is -0.465 e. The van der Waals surface area contributed by atoms with Crippen LogP contribution >= 0.6 is 22.6 Å². The van der Waals surface area contributed by atoms with Crippen molar-refractivity contribution in [3.05, 3.63) is 0 Å². The highest BCUT2D eigenvalue weighted by Crippen LogP contribution is 2.17. The Labute approximate surface area is 87.1 Å². The van der Waals surface area contributed by atoms with Crippen molar-refractivity contribution in [1.82, 2.24) is 5.32 Å². The monoisotopic (exact) mass is 285 g/mol. The maximum atomic E-state index is 10.2. The van der Waals surface area contributed by atoms with Crippen molar-refractivity contribution in [3.63, 3.8) is 0 Å². The Hall–Kier alpha value is 0. The van der Waals surface area contributed by atoms with Crippen molar-refractivity contribution in [2.45, 2.75) is 30.6 Å². The summed E-state index contributed by atoms with van der Waals surface area (Å²) in [6.07, 6.45) is 1.39. The second-order valence-electron chi connectivity index (χ2n) is 2.97. The Balaban J connectivity index is 3.55. The summed E-state index contributed by atoms with van der Waals surface area (Å²) in [6.45, 7) is 4.85. The van der Waals surface area contributed by atoms with E-state index >= 15 is 0 Å². The highest BCUT2D eigenvalue weighted by Gasteiger charge is 2.13. The second-order valence-corrected chi connectivity index (χ2v) is 4.57. The van der Waals surface area contributed by atoms with Crippen LogP contribution in [0.1, 0.15) is 26.7 Å². The zero-order valence-electron chi connectivity index (χ0n) is 7.51. The lowest BCUT2D eigenvalue weighted by atomic mass is 10.0. The summed E-state index contributed by atoms with van der Waals surface area (Å²) in [5.41, 5.74) is 0. The lowest BCUT2D eigenvalue weighted by Crippen LogP contribution is -2.31. The fourth-order valence-electron chi connectivity index (χ4n) is 1.02. The number of carboxylic acid groups (broad SMARTS) is 1. The van der Waals surface area contributed by atoms with Gasteiger partial charge in [-0.05, 0) is 12.3 Å². The second kappa shape index (κ2) is 6.51. The molecule has 0 bridgehead atoms. The van der Waals surface area contributed by atoms with E-state index in [0.29, 0.717) is 16.4 Å². The van der Waals surface area contributed by atoms with Gasteiger partial charge in [0.1, 0.15) is 0 Å². The molecule has 2 atom stereocenters. The van der Waals surface area contributed by atoms with Crippen molar-refractivity contribution < 1.29 is 9.90 Å². The number of amides is 1. The molecule has 0 aromatic heterocycles. The lowest BCUT2D eigenvalue weighted by molar-refractivity contribution is 0.194. The first kappa shape index (κ1) is 12.0. The molecule has 0 aliphatic rings. The molecule has 0 aromatic carbocycles. The summed E-state index contributed by atoms with van der Waals surface area (Å²) in [5.74, 6) is 0.586. The zero-order chi connectivity index (χ0) is 9.56. The van der Waals surface area contributed by atoms with Crippen LogP contribution in [0.25, 0.3) is 0 Å². The van der Waals surface area contributed by atoms with Gasteiger partial charge in [-0.3, -0.25) is 0 Å². The van der Waals surface area contributed by atoms with Gasteiger partial charge in [-0.25, -0.2) is 4.79 Å². The maximum absolute atomic E-state index is 10.2. The van der Waals surface area contributed by atoms with Gasteiger partial charge in [-0.15, -0.1) is 0 Å². The van der Waals surface area contributed by atoms with Crippen LogP contribution in [0.3, 0.4) is 0 Å². The molecule has 3 nitrogen and oxygen atoms in total. The first-order valence-corrected chi connectivity index (χ1v) is 5.43. The quantitative estimate of drug-likeness (QED) is 0.602. The van der Waals surface area contributed by atoms with E-state index < -0.39 is 6.09 Å². The van der Waals surface area contributed by atoms with Crippen molar-refractivity contribution in [3.8, 4) is 0 Å². The van der Waals surface area contributed by atoms with Gasteiger partial charge in [-0.1, -0.05) is 42.9 Å². The van der Waals surface area contributed by atoms with E-state index in [4.69, 9.17) is 5.11 Å². The van der Waals surface area contributed by atoms with E-state index in [1.807, 2.05) is 0 Å². The van der Waals surface area contributed by atoms with E-state index in [9.17, 15) is 4.79 Å². The first-order chi connectivity index (χ1) is 5.57. The van der Waals surface area contributed by atoms with Gasteiger partial charge in [0.15, 0.2) is 0 Å². The summed E-state index contributed by atoms with van der Waals surface area (Å²) in [5, 5.41) is 10.8. The molecule has 0 saturated heterocycles. The van der Waals surface area contributed by atoms with Crippen LogP contribution in [-0.2, 0) is 0 Å². The average molecular weight is 285 g/mol. The van der Waals surface area contributed by atoms with Gasteiger partial charge in [0.05, 0.1) is 0 Å². The summed E-state index contributed by atoms with van der Waals surface area (Å²) in [4.78, 5) is 10.2. The first-order valence-electron chi connectivity index (χ1n) is 4.18. The molecular formula is C8H16INO2. The third-order valence-corrected chi connectivity index (χ3v) is 3.48. The Morgan fingerprint density at radius 3 is 2.67 bits per heavy atom. The van der Waals surface area contributed by atoms with Gasteiger partial charge in [-0.2, -0.15) is 0 Å². The molecule has 0 rings (SSSR count). The van der Waals surface area contributed by atoms with Gasteiger partial charge in [0.2, 0.25) is 0 Å². The Morgan fingerprint density at radius 1 is 1.67 bits per heavy atom. The number of rotatable bonds is 5. The summed E-state index contributed by atoms with van der Waals surface area (Å²) in [6, 6.07) is 0. The molecule has 1 amide bonds. The fourth-order valence-corrected chi connectivity index (χ4v) is 1.60. The summed E-state index contributed by atoms with van der Waals surface area (Å²) in [7, 11) is 0. The third-order valence-electron chi connectivity index (χ3n) is 1.81. The molecular weight excluding hydrogens is 269 g/mol. The maximum Gasteiger partial charge on any atom is 0.404 e. The van der Waals surface area contributed by atoms with Crippen molar-refractivity contribution in [1.29, 1.82) is 0 Å². The standard InChI is InChI=1S/C8H16INO2/c1-3-4-6(2)7(9)5-10-8(11)12/h6-7,10H,3-5H2,1-2H3,(H,11,12). The minimum absolute atomic E-state index is 0.402. The largest absolute Gasteiger partial charge is 0.465 e. The summed E-state index contributed by atoms with van der Waals surface area (Å²) >= 11 is 2.30. The Bertz CT molecular complexity index is 141. The van der Waals surface area contributed by atoms with Gasteiger partial charge in [0, 0.05) is 10.5 Å². The number of halogens is 1. The zero-order valence-corrected chi connectivity index (χ0v) is 9.67. The smallest absolute Gasteiger partial charge is 0.404 e. The van der Waals surface area contributed by atoms with Gasteiger partial charge >= 0.3 is 6.09 Å². The molecule has 0 aromatic rings. The molecule has 2 unspecified atom stereocenters. The Morgan fingerprint density at radius 2 is 2.25 bits per heavy atom. The third kappa shape index (κ3) is 5.62. The predicted octanol–water partition coefficient (Wildman–Crippen LogP) is 2.49. The molecule has 2 N–H and O–H groups in total. The molecule has 72 valence electrons. The molecule has 4 heteroatoms. The molecule has 0 spiro atoms. The van der Waals surface area contributed by atoms with Crippen LogP contribution in [0.4, 0.5) is 4.79 Å². The van der Waals surface area contributed by atoms with Crippen LogP contribution in [-0.4, -0.2) is 21.7 Å².